The molecule has 0 aromatic rings. The number of rotatable bonds is 4. The van der Waals surface area contributed by atoms with Crippen molar-refractivity contribution in [3.63, 3.8) is 0 Å². The molecule has 0 radical (unpaired) electrons. The van der Waals surface area contributed by atoms with Gasteiger partial charge in [0.15, 0.2) is 0 Å². The van der Waals surface area contributed by atoms with Gasteiger partial charge in [0.2, 0.25) is 5.91 Å². The molecular weight excluding hydrogens is 180 g/mol. The first-order chi connectivity index (χ1) is 6.84. The number of morpholine rings is 1. The van der Waals surface area contributed by atoms with Crippen LogP contribution in [0.1, 0.15) is 13.3 Å². The van der Waals surface area contributed by atoms with Crippen LogP contribution in [-0.2, 0) is 9.53 Å². The minimum Gasteiger partial charge on any atom is -0.378 e. The molecule has 1 saturated heterocycles. The van der Waals surface area contributed by atoms with Crippen LogP contribution in [0.5, 0.6) is 0 Å². The predicted octanol–water partition coefficient (Wildman–Crippen LogP) is 0.0572. The Balaban J connectivity index is 2.13. The predicted molar refractivity (Wildman–Crippen MR) is 55.1 cm³/mol. The second kappa shape index (κ2) is 6.56. The number of hydrogen-bond acceptors (Lipinski definition) is 3. The lowest BCUT2D eigenvalue weighted by Gasteiger charge is -2.22. The van der Waals surface area contributed by atoms with Gasteiger partial charge < -0.3 is 15.4 Å². The van der Waals surface area contributed by atoms with Crippen molar-refractivity contribution in [2.45, 2.75) is 19.4 Å². The summed E-state index contributed by atoms with van der Waals surface area (Å²) in [5.41, 5.74) is 0. The van der Waals surface area contributed by atoms with Gasteiger partial charge in [0.05, 0.1) is 13.2 Å². The van der Waals surface area contributed by atoms with Crippen LogP contribution in [0.3, 0.4) is 0 Å². The summed E-state index contributed by atoms with van der Waals surface area (Å²) < 4.78 is 5.19. The van der Waals surface area contributed by atoms with Crippen molar-refractivity contribution >= 4 is 5.91 Å². The van der Waals surface area contributed by atoms with E-state index in [1.807, 2.05) is 19.1 Å². The number of nitrogens with one attached hydrogen (secondary N) is 2. The van der Waals surface area contributed by atoms with Crippen molar-refractivity contribution in [3.05, 3.63) is 12.2 Å². The first kappa shape index (κ1) is 11.2. The van der Waals surface area contributed by atoms with Gasteiger partial charge in [0.1, 0.15) is 6.04 Å². The topological polar surface area (TPSA) is 50.4 Å². The number of carbonyl (C=O) groups excluding carboxylic acids is 1. The van der Waals surface area contributed by atoms with Crippen LogP contribution in [0.15, 0.2) is 12.2 Å². The molecule has 1 unspecified atom stereocenters. The first-order valence-corrected chi connectivity index (χ1v) is 5.04. The van der Waals surface area contributed by atoms with Crippen LogP contribution < -0.4 is 10.6 Å². The van der Waals surface area contributed by atoms with Crippen LogP contribution >= 0.6 is 0 Å². The van der Waals surface area contributed by atoms with Crippen molar-refractivity contribution in [1.82, 2.24) is 10.6 Å². The maximum absolute atomic E-state index is 11.5. The zero-order valence-corrected chi connectivity index (χ0v) is 8.58. The second-order valence-corrected chi connectivity index (χ2v) is 3.23. The molecule has 1 aliphatic heterocycles. The van der Waals surface area contributed by atoms with E-state index >= 15 is 0 Å². The zero-order valence-electron chi connectivity index (χ0n) is 8.58. The number of ether oxygens (including phenoxy) is 1. The third-order valence-electron chi connectivity index (χ3n) is 2.08. The molecule has 4 nitrogen and oxygen atoms in total. The van der Waals surface area contributed by atoms with E-state index in [0.717, 1.165) is 13.0 Å². The van der Waals surface area contributed by atoms with Gasteiger partial charge in [0, 0.05) is 13.1 Å². The monoisotopic (exact) mass is 198 g/mol. The summed E-state index contributed by atoms with van der Waals surface area (Å²) in [6, 6.07) is -0.172. The maximum Gasteiger partial charge on any atom is 0.239 e. The summed E-state index contributed by atoms with van der Waals surface area (Å²) in [5, 5.41) is 5.96. The first-order valence-electron chi connectivity index (χ1n) is 5.04. The van der Waals surface area contributed by atoms with Crippen LogP contribution in [-0.4, -0.2) is 38.3 Å². The molecule has 14 heavy (non-hydrogen) atoms. The molecule has 0 saturated carbocycles. The second-order valence-electron chi connectivity index (χ2n) is 3.23. The van der Waals surface area contributed by atoms with Crippen molar-refractivity contribution in [1.29, 1.82) is 0 Å². The zero-order chi connectivity index (χ0) is 10.2. The molecule has 2 N–H and O–H groups in total. The Morgan fingerprint density at radius 3 is 3.21 bits per heavy atom. The van der Waals surface area contributed by atoms with Crippen molar-refractivity contribution < 1.29 is 9.53 Å². The summed E-state index contributed by atoms with van der Waals surface area (Å²) in [5.74, 6) is 0.0363. The van der Waals surface area contributed by atoms with Gasteiger partial charge in [-0.2, -0.15) is 0 Å². The van der Waals surface area contributed by atoms with E-state index in [0.29, 0.717) is 19.8 Å². The van der Waals surface area contributed by atoms with E-state index in [4.69, 9.17) is 4.74 Å². The summed E-state index contributed by atoms with van der Waals surface area (Å²) in [4.78, 5) is 11.5. The minimum atomic E-state index is -0.172. The molecule has 4 heteroatoms. The molecule has 1 fully saturated rings. The van der Waals surface area contributed by atoms with E-state index in [1.54, 1.807) is 0 Å². The normalized spacial score (nSPS) is 22.5. The third-order valence-corrected chi connectivity index (χ3v) is 2.08. The van der Waals surface area contributed by atoms with Gasteiger partial charge in [-0.25, -0.2) is 0 Å². The molecule has 0 aliphatic carbocycles. The Morgan fingerprint density at radius 1 is 1.71 bits per heavy atom. The smallest absolute Gasteiger partial charge is 0.239 e. The van der Waals surface area contributed by atoms with E-state index in [9.17, 15) is 4.79 Å². The highest BCUT2D eigenvalue weighted by molar-refractivity contribution is 5.81. The lowest BCUT2D eigenvalue weighted by Crippen LogP contribution is -2.51. The van der Waals surface area contributed by atoms with Crippen molar-refractivity contribution in [2.75, 3.05) is 26.3 Å². The molecule has 0 aromatic carbocycles. The SMILES string of the molecule is C/C=C/CCNC(=O)C1COCCN1. The number of hydrogen-bond donors (Lipinski definition) is 2. The fourth-order valence-corrected chi connectivity index (χ4v) is 1.30. The van der Waals surface area contributed by atoms with E-state index in [-0.39, 0.29) is 11.9 Å². The minimum absolute atomic E-state index is 0.0363. The highest BCUT2D eigenvalue weighted by Crippen LogP contribution is 1.93. The van der Waals surface area contributed by atoms with Crippen molar-refractivity contribution in [2.24, 2.45) is 0 Å². The Morgan fingerprint density at radius 2 is 2.57 bits per heavy atom. The maximum atomic E-state index is 11.5. The average Bonchev–Trinajstić information content (AvgIpc) is 2.25. The van der Waals surface area contributed by atoms with Gasteiger partial charge in [-0.15, -0.1) is 0 Å². The van der Waals surface area contributed by atoms with Gasteiger partial charge in [-0.05, 0) is 13.3 Å². The molecule has 1 amide bonds. The molecule has 1 heterocycles. The van der Waals surface area contributed by atoms with E-state index < -0.39 is 0 Å². The third kappa shape index (κ3) is 3.89. The van der Waals surface area contributed by atoms with Crippen LogP contribution in [0.4, 0.5) is 0 Å². The average molecular weight is 198 g/mol. The van der Waals surface area contributed by atoms with Gasteiger partial charge >= 0.3 is 0 Å². The Labute approximate surface area is 84.7 Å². The summed E-state index contributed by atoms with van der Waals surface area (Å²) in [6.07, 6.45) is 4.90. The fraction of sp³-hybridized carbons (Fsp3) is 0.700. The van der Waals surface area contributed by atoms with Gasteiger partial charge in [-0.1, -0.05) is 12.2 Å². The summed E-state index contributed by atoms with van der Waals surface area (Å²) in [7, 11) is 0. The Hall–Kier alpha value is -0.870. The molecule has 0 aromatic heterocycles. The summed E-state index contributed by atoms with van der Waals surface area (Å²) >= 11 is 0. The highest BCUT2D eigenvalue weighted by Gasteiger charge is 2.19. The number of allylic oxidation sites excluding steroid dienone is 1. The quantitative estimate of drug-likeness (QED) is 0.496. The number of amides is 1. The van der Waals surface area contributed by atoms with Crippen molar-refractivity contribution in [3.8, 4) is 0 Å². The van der Waals surface area contributed by atoms with E-state index in [2.05, 4.69) is 10.6 Å². The number of carbonyl (C=O) groups is 1. The molecule has 1 atom stereocenters. The van der Waals surface area contributed by atoms with Crippen LogP contribution in [0, 0.1) is 0 Å². The Bertz CT molecular complexity index is 198. The lowest BCUT2D eigenvalue weighted by molar-refractivity contribution is -0.125. The fourth-order valence-electron chi connectivity index (χ4n) is 1.30. The largest absolute Gasteiger partial charge is 0.378 e. The molecule has 80 valence electrons. The molecule has 0 spiro atoms. The molecule has 0 bridgehead atoms. The van der Waals surface area contributed by atoms with E-state index in [1.165, 1.54) is 0 Å². The molecule has 1 rings (SSSR count). The lowest BCUT2D eigenvalue weighted by atomic mass is 10.2. The van der Waals surface area contributed by atoms with Crippen LogP contribution in [0.2, 0.25) is 0 Å². The Kier molecular flexibility index (Phi) is 5.25. The molecule has 1 aliphatic rings. The summed E-state index contributed by atoms with van der Waals surface area (Å²) in [6.45, 7) is 4.60. The molecular formula is C10H18N2O2. The standard InChI is InChI=1S/C10H18N2O2/c1-2-3-4-5-12-10(13)9-8-14-7-6-11-9/h2-3,9,11H,4-8H2,1H3,(H,12,13)/b3-2+. The van der Waals surface area contributed by atoms with Gasteiger partial charge in [-0.3, -0.25) is 4.79 Å². The van der Waals surface area contributed by atoms with Crippen LogP contribution in [0.25, 0.3) is 0 Å². The van der Waals surface area contributed by atoms with Gasteiger partial charge in [0.25, 0.3) is 0 Å². The highest BCUT2D eigenvalue weighted by atomic mass is 16.5.